The fourth-order valence-electron chi connectivity index (χ4n) is 2.26. The van der Waals surface area contributed by atoms with Gasteiger partial charge < -0.3 is 10.4 Å². The highest BCUT2D eigenvalue weighted by atomic mass is 16.3. The molecule has 1 heterocycles. The van der Waals surface area contributed by atoms with Gasteiger partial charge in [-0.25, -0.2) is 4.98 Å². The molecule has 1 amide bonds. The van der Waals surface area contributed by atoms with E-state index in [1.807, 2.05) is 19.2 Å². The van der Waals surface area contributed by atoms with Gasteiger partial charge in [-0.3, -0.25) is 9.48 Å². The Balaban J connectivity index is 2.04. The first-order valence-corrected chi connectivity index (χ1v) is 7.37. The number of hydrogen-bond donors (Lipinski definition) is 2. The zero-order valence-electron chi connectivity index (χ0n) is 13.2. The Morgan fingerprint density at radius 3 is 2.50 bits per heavy atom. The van der Waals surface area contributed by atoms with Crippen LogP contribution in [0.5, 0.6) is 0 Å². The third-order valence-corrected chi connectivity index (χ3v) is 3.32. The van der Waals surface area contributed by atoms with Gasteiger partial charge in [-0.15, -0.1) is 0 Å². The van der Waals surface area contributed by atoms with Gasteiger partial charge in [0.2, 0.25) is 0 Å². The first kappa shape index (κ1) is 16.2. The van der Waals surface area contributed by atoms with Gasteiger partial charge >= 0.3 is 0 Å². The first-order valence-electron chi connectivity index (χ1n) is 7.37. The normalized spacial score (nSPS) is 12.4. The highest BCUT2D eigenvalue weighted by Crippen LogP contribution is 2.15. The van der Waals surface area contributed by atoms with Crippen LogP contribution in [0.4, 0.5) is 0 Å². The van der Waals surface area contributed by atoms with E-state index < -0.39 is 0 Å². The van der Waals surface area contributed by atoms with E-state index in [0.29, 0.717) is 17.3 Å². The second-order valence-electron chi connectivity index (χ2n) is 5.80. The van der Waals surface area contributed by atoms with Crippen LogP contribution < -0.4 is 5.32 Å². The second-order valence-corrected chi connectivity index (χ2v) is 5.80. The minimum absolute atomic E-state index is 0.0557. The molecule has 0 radical (unpaired) electrons. The van der Waals surface area contributed by atoms with Gasteiger partial charge in [-0.2, -0.15) is 5.10 Å². The lowest BCUT2D eigenvalue weighted by Gasteiger charge is -2.18. The Labute approximate surface area is 130 Å². The predicted molar refractivity (Wildman–Crippen MR) is 84.2 cm³/mol. The number of carbonyl (C=O) groups excluding carboxylic acids is 1. The lowest BCUT2D eigenvalue weighted by atomic mass is 10.0. The summed E-state index contributed by atoms with van der Waals surface area (Å²) in [5.41, 5.74) is 1.42. The lowest BCUT2D eigenvalue weighted by Crippen LogP contribution is -2.38. The van der Waals surface area contributed by atoms with Crippen LogP contribution in [0.2, 0.25) is 0 Å². The Hall–Kier alpha value is -2.21. The van der Waals surface area contributed by atoms with Crippen molar-refractivity contribution in [2.45, 2.75) is 26.3 Å². The molecule has 0 fully saturated rings. The maximum absolute atomic E-state index is 12.2. The van der Waals surface area contributed by atoms with Crippen LogP contribution in [0, 0.1) is 5.92 Å². The Morgan fingerprint density at radius 1 is 1.32 bits per heavy atom. The lowest BCUT2D eigenvalue weighted by molar-refractivity contribution is 0.0908. The van der Waals surface area contributed by atoms with Gasteiger partial charge in [-0.1, -0.05) is 26.0 Å². The Morgan fingerprint density at radius 2 is 2.00 bits per heavy atom. The van der Waals surface area contributed by atoms with Crippen molar-refractivity contribution in [3.05, 3.63) is 36.2 Å². The van der Waals surface area contributed by atoms with Gasteiger partial charge in [0.05, 0.1) is 12.6 Å². The SMILES string of the molecule is CC(C)CC(CO)NC(=O)c1ccc(-c2ncn(C)n2)cc1. The number of aromatic nitrogens is 3. The summed E-state index contributed by atoms with van der Waals surface area (Å²) in [6, 6.07) is 6.90. The standard InChI is InChI=1S/C16H22N4O2/c1-11(2)8-14(9-21)18-16(22)13-6-4-12(5-7-13)15-17-10-20(3)19-15/h4-7,10-11,14,21H,8-9H2,1-3H3,(H,18,22). The molecule has 6 heteroatoms. The van der Waals surface area contributed by atoms with Crippen molar-refractivity contribution in [2.75, 3.05) is 6.61 Å². The molecule has 2 N–H and O–H groups in total. The summed E-state index contributed by atoms with van der Waals surface area (Å²) >= 11 is 0. The molecule has 0 saturated carbocycles. The smallest absolute Gasteiger partial charge is 0.251 e. The first-order chi connectivity index (χ1) is 10.5. The molecule has 6 nitrogen and oxygen atoms in total. The molecule has 0 aliphatic rings. The van der Waals surface area contributed by atoms with Crippen molar-refractivity contribution in [1.29, 1.82) is 0 Å². The molecule has 0 aliphatic carbocycles. The molecular formula is C16H22N4O2. The molecule has 2 aromatic rings. The zero-order valence-corrected chi connectivity index (χ0v) is 13.2. The number of aliphatic hydroxyl groups is 1. The van der Waals surface area contributed by atoms with Crippen molar-refractivity contribution in [1.82, 2.24) is 20.1 Å². The van der Waals surface area contributed by atoms with Crippen LogP contribution in [-0.4, -0.2) is 38.4 Å². The minimum Gasteiger partial charge on any atom is -0.394 e. The molecule has 1 unspecified atom stereocenters. The summed E-state index contributed by atoms with van der Waals surface area (Å²) in [6.45, 7) is 4.06. The van der Waals surface area contributed by atoms with Crippen LogP contribution in [0.3, 0.4) is 0 Å². The van der Waals surface area contributed by atoms with E-state index in [4.69, 9.17) is 0 Å². The van der Waals surface area contributed by atoms with E-state index in [1.54, 1.807) is 23.1 Å². The van der Waals surface area contributed by atoms with Crippen LogP contribution in [-0.2, 0) is 7.05 Å². The van der Waals surface area contributed by atoms with E-state index in [1.165, 1.54) is 0 Å². The number of rotatable bonds is 6. The maximum atomic E-state index is 12.2. The number of amides is 1. The summed E-state index contributed by atoms with van der Waals surface area (Å²) < 4.78 is 1.63. The molecule has 1 atom stereocenters. The third-order valence-electron chi connectivity index (χ3n) is 3.32. The fraction of sp³-hybridized carbons (Fsp3) is 0.438. The average molecular weight is 302 g/mol. The van der Waals surface area contributed by atoms with E-state index in [2.05, 4.69) is 29.2 Å². The molecular weight excluding hydrogens is 280 g/mol. The molecule has 0 saturated heterocycles. The van der Waals surface area contributed by atoms with E-state index in [0.717, 1.165) is 12.0 Å². The largest absolute Gasteiger partial charge is 0.394 e. The monoisotopic (exact) mass is 302 g/mol. The van der Waals surface area contributed by atoms with Gasteiger partial charge in [0.1, 0.15) is 6.33 Å². The summed E-state index contributed by atoms with van der Waals surface area (Å²) in [6.07, 6.45) is 2.38. The van der Waals surface area contributed by atoms with Crippen LogP contribution >= 0.6 is 0 Å². The number of aliphatic hydroxyl groups excluding tert-OH is 1. The predicted octanol–water partition coefficient (Wildman–Crippen LogP) is 1.62. The highest BCUT2D eigenvalue weighted by molar-refractivity contribution is 5.94. The fourth-order valence-corrected chi connectivity index (χ4v) is 2.26. The minimum atomic E-state index is -0.218. The highest BCUT2D eigenvalue weighted by Gasteiger charge is 2.14. The van der Waals surface area contributed by atoms with Crippen molar-refractivity contribution in [3.8, 4) is 11.4 Å². The zero-order chi connectivity index (χ0) is 16.1. The summed E-state index contributed by atoms with van der Waals surface area (Å²) in [7, 11) is 1.81. The number of nitrogens with one attached hydrogen (secondary N) is 1. The van der Waals surface area contributed by atoms with E-state index in [9.17, 15) is 9.90 Å². The topological polar surface area (TPSA) is 80.0 Å². The average Bonchev–Trinajstić information content (AvgIpc) is 2.92. The number of carbonyl (C=O) groups is 1. The van der Waals surface area contributed by atoms with E-state index >= 15 is 0 Å². The van der Waals surface area contributed by atoms with Crippen molar-refractivity contribution in [3.63, 3.8) is 0 Å². The molecule has 1 aromatic carbocycles. The molecule has 22 heavy (non-hydrogen) atoms. The van der Waals surface area contributed by atoms with Gasteiger partial charge in [0, 0.05) is 18.2 Å². The second kappa shape index (κ2) is 7.17. The Kier molecular flexibility index (Phi) is 5.27. The molecule has 2 rings (SSSR count). The molecule has 1 aromatic heterocycles. The maximum Gasteiger partial charge on any atom is 0.251 e. The molecule has 0 aliphatic heterocycles. The van der Waals surface area contributed by atoms with Crippen LogP contribution in [0.15, 0.2) is 30.6 Å². The molecule has 0 bridgehead atoms. The van der Waals surface area contributed by atoms with Crippen molar-refractivity contribution >= 4 is 5.91 Å². The van der Waals surface area contributed by atoms with Crippen molar-refractivity contribution < 1.29 is 9.90 Å². The number of hydrogen-bond acceptors (Lipinski definition) is 4. The van der Waals surface area contributed by atoms with Crippen LogP contribution in [0.1, 0.15) is 30.6 Å². The van der Waals surface area contributed by atoms with Gasteiger partial charge in [-0.05, 0) is 24.5 Å². The number of nitrogens with zero attached hydrogens (tertiary/aromatic N) is 3. The third kappa shape index (κ3) is 4.14. The summed E-state index contributed by atoms with van der Waals surface area (Å²) in [5, 5.41) is 16.4. The van der Waals surface area contributed by atoms with Crippen LogP contribution in [0.25, 0.3) is 11.4 Å². The number of aryl methyl sites for hydroxylation is 1. The molecule has 0 spiro atoms. The Bertz CT molecular complexity index is 619. The molecule has 118 valence electrons. The van der Waals surface area contributed by atoms with Gasteiger partial charge in [0.15, 0.2) is 5.82 Å². The van der Waals surface area contributed by atoms with E-state index in [-0.39, 0.29) is 18.6 Å². The van der Waals surface area contributed by atoms with Gasteiger partial charge in [0.25, 0.3) is 5.91 Å². The summed E-state index contributed by atoms with van der Waals surface area (Å²) in [4.78, 5) is 16.4. The number of benzene rings is 1. The van der Waals surface area contributed by atoms with Crippen molar-refractivity contribution in [2.24, 2.45) is 13.0 Å². The quantitative estimate of drug-likeness (QED) is 0.849. The summed E-state index contributed by atoms with van der Waals surface area (Å²) in [5.74, 6) is 0.859.